The van der Waals surface area contributed by atoms with E-state index in [-0.39, 0.29) is 0 Å². The minimum atomic E-state index is -0.460. The molecule has 0 bridgehead atoms. The Balaban J connectivity index is 2.51. The Morgan fingerprint density at radius 3 is 3.40 bits per heavy atom. The van der Waals surface area contributed by atoms with Crippen molar-refractivity contribution in [3.05, 3.63) is 24.0 Å². The molecular weight excluding hydrogens is 130 g/mol. The molecule has 1 aliphatic rings. The smallest absolute Gasteiger partial charge is 0.143 e. The molecule has 0 fully saturated rings. The molecule has 0 amide bonds. The molecule has 0 aromatic carbocycles. The van der Waals surface area contributed by atoms with Crippen molar-refractivity contribution >= 4 is 0 Å². The topological polar surface area (TPSA) is 42.4 Å². The fourth-order valence-electron chi connectivity index (χ4n) is 1.05. The summed E-state index contributed by atoms with van der Waals surface area (Å²) >= 11 is 0. The number of hydrogen-bond donors (Lipinski definition) is 1. The molecule has 1 N–H and O–H groups in total. The number of nitrogens with zero attached hydrogens (tertiary/aromatic N) is 1. The number of fused-ring (bicyclic) bond motifs is 1. The first kappa shape index (κ1) is 5.68. The van der Waals surface area contributed by atoms with Gasteiger partial charge in [-0.05, 0) is 6.07 Å². The summed E-state index contributed by atoms with van der Waals surface area (Å²) in [6, 6.07) is 1.77. The number of hydrogen-bond acceptors (Lipinski definition) is 3. The molecule has 1 aromatic rings. The van der Waals surface area contributed by atoms with Crippen molar-refractivity contribution in [1.82, 2.24) is 4.98 Å². The zero-order valence-corrected chi connectivity index (χ0v) is 5.32. The quantitative estimate of drug-likeness (QED) is 0.566. The van der Waals surface area contributed by atoms with Crippen LogP contribution in [-0.4, -0.2) is 16.7 Å². The van der Waals surface area contributed by atoms with Gasteiger partial charge in [0.2, 0.25) is 0 Å². The van der Waals surface area contributed by atoms with Gasteiger partial charge >= 0.3 is 0 Å². The Hall–Kier alpha value is -1.09. The average molecular weight is 137 g/mol. The van der Waals surface area contributed by atoms with Crippen LogP contribution in [-0.2, 0) is 0 Å². The lowest BCUT2D eigenvalue weighted by Crippen LogP contribution is -1.97. The number of aromatic nitrogens is 1. The third-order valence-electron chi connectivity index (χ3n) is 1.57. The molecular formula is C7H7NO2. The van der Waals surface area contributed by atoms with E-state index in [1.807, 2.05) is 0 Å². The van der Waals surface area contributed by atoms with Gasteiger partial charge in [0.05, 0.1) is 6.20 Å². The third kappa shape index (κ3) is 0.675. The lowest BCUT2D eigenvalue weighted by molar-refractivity contribution is 0.140. The maximum atomic E-state index is 9.23. The van der Waals surface area contributed by atoms with Gasteiger partial charge < -0.3 is 9.84 Å². The van der Waals surface area contributed by atoms with Crippen molar-refractivity contribution in [2.24, 2.45) is 0 Å². The second kappa shape index (κ2) is 1.95. The normalized spacial score (nSPS) is 21.9. The molecule has 3 nitrogen and oxygen atoms in total. The summed E-state index contributed by atoms with van der Waals surface area (Å²) in [5, 5.41) is 9.23. The first-order chi connectivity index (χ1) is 4.88. The summed E-state index contributed by atoms with van der Waals surface area (Å²) in [6.45, 7) is 0.362. The van der Waals surface area contributed by atoms with E-state index in [9.17, 15) is 5.11 Å². The molecule has 1 atom stereocenters. The highest BCUT2D eigenvalue weighted by Gasteiger charge is 2.20. The van der Waals surface area contributed by atoms with Gasteiger partial charge in [0.25, 0.3) is 0 Å². The Morgan fingerprint density at radius 2 is 2.60 bits per heavy atom. The van der Waals surface area contributed by atoms with Crippen LogP contribution in [0.1, 0.15) is 11.7 Å². The van der Waals surface area contributed by atoms with Gasteiger partial charge in [0.1, 0.15) is 18.5 Å². The van der Waals surface area contributed by atoms with Crippen LogP contribution in [0.3, 0.4) is 0 Å². The van der Waals surface area contributed by atoms with Gasteiger partial charge in [-0.15, -0.1) is 0 Å². The minimum absolute atomic E-state index is 0.362. The van der Waals surface area contributed by atoms with E-state index in [0.29, 0.717) is 12.4 Å². The zero-order chi connectivity index (χ0) is 6.97. The van der Waals surface area contributed by atoms with Crippen molar-refractivity contribution in [3.8, 4) is 5.75 Å². The first-order valence-corrected chi connectivity index (χ1v) is 3.13. The second-order valence-corrected chi connectivity index (χ2v) is 2.24. The van der Waals surface area contributed by atoms with Crippen LogP contribution in [0.15, 0.2) is 18.5 Å². The largest absolute Gasteiger partial charge is 0.489 e. The molecule has 1 aromatic heterocycles. The molecule has 0 spiro atoms. The molecule has 52 valence electrons. The minimum Gasteiger partial charge on any atom is -0.489 e. The first-order valence-electron chi connectivity index (χ1n) is 3.13. The number of aliphatic hydroxyl groups is 1. The standard InChI is InChI=1S/C7H7NO2/c9-6-4-10-7-3-8-2-1-5(6)7/h1-3,6,9H,4H2/t6-/m0/s1. The van der Waals surface area contributed by atoms with E-state index in [0.717, 1.165) is 5.56 Å². The van der Waals surface area contributed by atoms with Crippen molar-refractivity contribution in [1.29, 1.82) is 0 Å². The molecule has 0 radical (unpaired) electrons. The molecule has 0 aliphatic carbocycles. The molecule has 10 heavy (non-hydrogen) atoms. The van der Waals surface area contributed by atoms with Gasteiger partial charge in [-0.3, -0.25) is 4.98 Å². The molecule has 2 heterocycles. The zero-order valence-electron chi connectivity index (χ0n) is 5.32. The molecule has 1 aliphatic heterocycles. The predicted molar refractivity (Wildman–Crippen MR) is 34.7 cm³/mol. The third-order valence-corrected chi connectivity index (χ3v) is 1.57. The van der Waals surface area contributed by atoms with Gasteiger partial charge in [0, 0.05) is 11.8 Å². The maximum absolute atomic E-state index is 9.23. The van der Waals surface area contributed by atoms with Crippen LogP contribution in [0.25, 0.3) is 0 Å². The van der Waals surface area contributed by atoms with E-state index in [2.05, 4.69) is 4.98 Å². The molecule has 0 saturated carbocycles. The van der Waals surface area contributed by atoms with Crippen LogP contribution >= 0.6 is 0 Å². The Bertz CT molecular complexity index is 249. The van der Waals surface area contributed by atoms with E-state index in [1.165, 1.54) is 0 Å². The van der Waals surface area contributed by atoms with Crippen molar-refractivity contribution in [3.63, 3.8) is 0 Å². The highest BCUT2D eigenvalue weighted by molar-refractivity contribution is 5.34. The molecule has 0 saturated heterocycles. The molecule has 2 rings (SSSR count). The fourth-order valence-corrected chi connectivity index (χ4v) is 1.05. The number of aliphatic hydroxyl groups excluding tert-OH is 1. The van der Waals surface area contributed by atoms with Crippen LogP contribution in [0.5, 0.6) is 5.75 Å². The van der Waals surface area contributed by atoms with Gasteiger partial charge in [-0.1, -0.05) is 0 Å². The average Bonchev–Trinajstić information content (AvgIpc) is 2.34. The van der Waals surface area contributed by atoms with Crippen molar-refractivity contribution in [2.75, 3.05) is 6.61 Å². The predicted octanol–water partition coefficient (Wildman–Crippen LogP) is 0.507. The Labute approximate surface area is 58.3 Å². The SMILES string of the molecule is O[C@H]1COc2cnccc21. The van der Waals surface area contributed by atoms with E-state index in [4.69, 9.17) is 4.74 Å². The molecule has 3 heteroatoms. The lowest BCUT2D eigenvalue weighted by Gasteiger charge is -1.95. The van der Waals surface area contributed by atoms with E-state index >= 15 is 0 Å². The maximum Gasteiger partial charge on any atom is 0.143 e. The monoisotopic (exact) mass is 137 g/mol. The molecule has 0 unspecified atom stereocenters. The van der Waals surface area contributed by atoms with Gasteiger partial charge in [-0.25, -0.2) is 0 Å². The fraction of sp³-hybridized carbons (Fsp3) is 0.286. The van der Waals surface area contributed by atoms with Crippen molar-refractivity contribution < 1.29 is 9.84 Å². The highest BCUT2D eigenvalue weighted by atomic mass is 16.5. The summed E-state index contributed by atoms with van der Waals surface area (Å²) in [5.74, 6) is 0.704. The number of rotatable bonds is 0. The van der Waals surface area contributed by atoms with Crippen LogP contribution in [0.2, 0.25) is 0 Å². The number of pyridine rings is 1. The number of ether oxygens (including phenoxy) is 1. The van der Waals surface area contributed by atoms with Crippen LogP contribution < -0.4 is 4.74 Å². The summed E-state index contributed by atoms with van der Waals surface area (Å²) in [4.78, 5) is 3.85. The Kier molecular flexibility index (Phi) is 1.11. The van der Waals surface area contributed by atoms with Crippen LogP contribution in [0, 0.1) is 0 Å². The van der Waals surface area contributed by atoms with Crippen molar-refractivity contribution in [2.45, 2.75) is 6.10 Å². The van der Waals surface area contributed by atoms with E-state index in [1.54, 1.807) is 18.5 Å². The highest BCUT2D eigenvalue weighted by Crippen LogP contribution is 2.30. The van der Waals surface area contributed by atoms with E-state index < -0.39 is 6.10 Å². The van der Waals surface area contributed by atoms with Gasteiger partial charge in [-0.2, -0.15) is 0 Å². The van der Waals surface area contributed by atoms with Crippen LogP contribution in [0.4, 0.5) is 0 Å². The Morgan fingerprint density at radius 1 is 1.70 bits per heavy atom. The lowest BCUT2D eigenvalue weighted by atomic mass is 10.2. The summed E-state index contributed by atoms with van der Waals surface area (Å²) in [7, 11) is 0. The summed E-state index contributed by atoms with van der Waals surface area (Å²) in [5.41, 5.74) is 0.843. The summed E-state index contributed by atoms with van der Waals surface area (Å²) < 4.78 is 5.10. The summed E-state index contributed by atoms with van der Waals surface area (Å²) in [6.07, 6.45) is 2.81. The van der Waals surface area contributed by atoms with Gasteiger partial charge in [0.15, 0.2) is 0 Å². The second-order valence-electron chi connectivity index (χ2n) is 2.24.